The summed E-state index contributed by atoms with van der Waals surface area (Å²) in [7, 11) is 0. The predicted octanol–water partition coefficient (Wildman–Crippen LogP) is 3.77. The number of hydrogen-bond donors (Lipinski definition) is 1. The van der Waals surface area contributed by atoms with Crippen molar-refractivity contribution in [2.75, 3.05) is 12.0 Å². The van der Waals surface area contributed by atoms with E-state index in [1.165, 1.54) is 0 Å². The molecule has 2 N–H and O–H groups in total. The van der Waals surface area contributed by atoms with Crippen LogP contribution < -0.4 is 5.73 Å². The molecule has 0 saturated carbocycles. The van der Waals surface area contributed by atoms with Crippen molar-refractivity contribution < 1.29 is 4.52 Å². The molecule has 1 heterocycles. The van der Waals surface area contributed by atoms with Gasteiger partial charge in [0.25, 0.3) is 0 Å². The fourth-order valence-electron chi connectivity index (χ4n) is 1.52. The van der Waals surface area contributed by atoms with Gasteiger partial charge in [-0.3, -0.25) is 0 Å². The highest BCUT2D eigenvalue weighted by atomic mass is 35.5. The van der Waals surface area contributed by atoms with Crippen molar-refractivity contribution in [3.8, 4) is 0 Å². The van der Waals surface area contributed by atoms with Gasteiger partial charge in [-0.1, -0.05) is 16.8 Å². The van der Waals surface area contributed by atoms with Gasteiger partial charge in [0.15, 0.2) is 5.82 Å². The Labute approximate surface area is 131 Å². The number of halogens is 1. The van der Waals surface area contributed by atoms with Crippen LogP contribution >= 0.6 is 35.1 Å². The zero-order valence-corrected chi connectivity index (χ0v) is 13.5. The molecule has 0 radical (unpaired) electrons. The molecule has 0 spiro atoms. The first kappa shape index (κ1) is 15.7. The second kappa shape index (κ2) is 7.93. The zero-order chi connectivity index (χ0) is 14.4. The Morgan fingerprint density at radius 3 is 2.80 bits per heavy atom. The summed E-state index contributed by atoms with van der Waals surface area (Å²) in [5, 5.41) is 4.69. The number of benzene rings is 1. The largest absolute Gasteiger partial charge is 0.338 e. The number of nitrogens with two attached hydrogens (primary N) is 1. The van der Waals surface area contributed by atoms with E-state index in [1.54, 1.807) is 23.5 Å². The van der Waals surface area contributed by atoms with Crippen LogP contribution in [0.15, 0.2) is 33.7 Å². The van der Waals surface area contributed by atoms with Crippen LogP contribution in [0.1, 0.15) is 24.2 Å². The molecule has 20 heavy (non-hydrogen) atoms. The molecule has 2 rings (SSSR count). The second-order valence-corrected chi connectivity index (χ2v) is 6.65. The van der Waals surface area contributed by atoms with E-state index in [-0.39, 0.29) is 6.04 Å². The van der Waals surface area contributed by atoms with E-state index in [4.69, 9.17) is 21.9 Å². The lowest BCUT2D eigenvalue weighted by Gasteiger charge is -2.03. The van der Waals surface area contributed by atoms with Crippen LogP contribution in [0, 0.1) is 0 Å². The molecule has 0 unspecified atom stereocenters. The highest BCUT2D eigenvalue weighted by Crippen LogP contribution is 2.24. The van der Waals surface area contributed by atoms with Crippen molar-refractivity contribution in [3.63, 3.8) is 0 Å². The van der Waals surface area contributed by atoms with Crippen LogP contribution in [-0.4, -0.2) is 22.1 Å². The average molecular weight is 330 g/mol. The topological polar surface area (TPSA) is 64.9 Å². The van der Waals surface area contributed by atoms with Crippen molar-refractivity contribution in [1.82, 2.24) is 10.1 Å². The van der Waals surface area contributed by atoms with Gasteiger partial charge in [0.1, 0.15) is 0 Å². The molecular weight excluding hydrogens is 314 g/mol. The average Bonchev–Trinajstić information content (AvgIpc) is 2.93. The maximum absolute atomic E-state index is 5.99. The van der Waals surface area contributed by atoms with Crippen molar-refractivity contribution in [2.45, 2.75) is 23.1 Å². The van der Waals surface area contributed by atoms with Gasteiger partial charge in [-0.25, -0.2) is 0 Å². The van der Waals surface area contributed by atoms with Crippen LogP contribution in [0.5, 0.6) is 0 Å². The van der Waals surface area contributed by atoms with E-state index in [0.29, 0.717) is 17.5 Å². The molecule has 4 nitrogen and oxygen atoms in total. The van der Waals surface area contributed by atoms with E-state index < -0.39 is 0 Å². The zero-order valence-electron chi connectivity index (χ0n) is 11.1. The third kappa shape index (κ3) is 4.70. The minimum Gasteiger partial charge on any atom is -0.338 e. The summed E-state index contributed by atoms with van der Waals surface area (Å²) in [5.41, 5.74) is 5.99. The van der Waals surface area contributed by atoms with Crippen LogP contribution in [-0.2, 0) is 5.75 Å². The number of aromatic nitrogens is 2. The first-order valence-electron chi connectivity index (χ1n) is 6.14. The van der Waals surface area contributed by atoms with Crippen molar-refractivity contribution in [2.24, 2.45) is 5.73 Å². The molecule has 0 aliphatic heterocycles. The van der Waals surface area contributed by atoms with Crippen molar-refractivity contribution in [1.29, 1.82) is 0 Å². The summed E-state index contributed by atoms with van der Waals surface area (Å²) in [6, 6.07) is 7.49. The summed E-state index contributed by atoms with van der Waals surface area (Å²) >= 11 is 9.24. The second-order valence-electron chi connectivity index (χ2n) is 4.18. The molecule has 0 amide bonds. The molecule has 0 bridgehead atoms. The Morgan fingerprint density at radius 2 is 2.10 bits per heavy atom. The van der Waals surface area contributed by atoms with Crippen LogP contribution in [0.25, 0.3) is 0 Å². The van der Waals surface area contributed by atoms with Gasteiger partial charge in [0.2, 0.25) is 5.89 Å². The van der Waals surface area contributed by atoms with Gasteiger partial charge in [0, 0.05) is 9.92 Å². The van der Waals surface area contributed by atoms with E-state index in [0.717, 1.165) is 22.1 Å². The van der Waals surface area contributed by atoms with E-state index in [9.17, 15) is 0 Å². The molecule has 1 aromatic carbocycles. The van der Waals surface area contributed by atoms with Gasteiger partial charge in [0.05, 0.1) is 11.8 Å². The standard InChI is InChI=1S/C13H16ClN3OS2/c1-19-7-6-11(15)13-16-12(17-18-13)8-20-10-4-2-9(14)3-5-10/h2-5,11H,6-8,15H2,1H3/t11-/m1/s1. The van der Waals surface area contributed by atoms with Gasteiger partial charge in [-0.05, 0) is 42.7 Å². The highest BCUT2D eigenvalue weighted by molar-refractivity contribution is 7.98. The molecule has 1 aromatic heterocycles. The summed E-state index contributed by atoms with van der Waals surface area (Å²) in [4.78, 5) is 5.45. The Kier molecular flexibility index (Phi) is 6.22. The number of nitrogens with zero attached hydrogens (tertiary/aromatic N) is 2. The van der Waals surface area contributed by atoms with Crippen LogP contribution in [0.3, 0.4) is 0 Å². The first-order chi connectivity index (χ1) is 9.69. The molecule has 1 atom stereocenters. The third-order valence-electron chi connectivity index (χ3n) is 2.62. The van der Waals surface area contributed by atoms with Gasteiger partial charge in [-0.2, -0.15) is 16.7 Å². The smallest absolute Gasteiger partial charge is 0.243 e. The van der Waals surface area contributed by atoms with Gasteiger partial charge < -0.3 is 10.3 Å². The lowest BCUT2D eigenvalue weighted by molar-refractivity contribution is 0.350. The Hall–Kier alpha value is -0.690. The van der Waals surface area contributed by atoms with Crippen molar-refractivity contribution in [3.05, 3.63) is 41.0 Å². The normalized spacial score (nSPS) is 12.6. The summed E-state index contributed by atoms with van der Waals surface area (Å²) < 4.78 is 5.20. The lowest BCUT2D eigenvalue weighted by atomic mass is 10.2. The van der Waals surface area contributed by atoms with E-state index in [1.807, 2.05) is 24.3 Å². The monoisotopic (exact) mass is 329 g/mol. The van der Waals surface area contributed by atoms with E-state index in [2.05, 4.69) is 16.4 Å². The van der Waals surface area contributed by atoms with Crippen LogP contribution in [0.2, 0.25) is 5.02 Å². The third-order valence-corrected chi connectivity index (χ3v) is 4.52. The maximum atomic E-state index is 5.99. The molecule has 7 heteroatoms. The molecular formula is C13H16ClN3OS2. The van der Waals surface area contributed by atoms with Crippen LogP contribution in [0.4, 0.5) is 0 Å². The molecule has 0 aliphatic rings. The minimum atomic E-state index is -0.177. The summed E-state index contributed by atoms with van der Waals surface area (Å²) in [6.45, 7) is 0. The summed E-state index contributed by atoms with van der Waals surface area (Å²) in [6.07, 6.45) is 2.89. The highest BCUT2D eigenvalue weighted by Gasteiger charge is 2.14. The molecule has 0 saturated heterocycles. The fraction of sp³-hybridized carbons (Fsp3) is 0.385. The predicted molar refractivity (Wildman–Crippen MR) is 85.2 cm³/mol. The first-order valence-corrected chi connectivity index (χ1v) is 8.90. The molecule has 108 valence electrons. The Bertz CT molecular complexity index is 533. The lowest BCUT2D eigenvalue weighted by Crippen LogP contribution is -2.11. The maximum Gasteiger partial charge on any atom is 0.243 e. The molecule has 0 aliphatic carbocycles. The molecule has 2 aromatic rings. The SMILES string of the molecule is CSCC[C@@H](N)c1nc(CSc2ccc(Cl)cc2)no1. The number of thioether (sulfide) groups is 2. The fourth-order valence-corrected chi connectivity index (χ4v) is 2.88. The molecule has 0 fully saturated rings. The van der Waals surface area contributed by atoms with E-state index >= 15 is 0 Å². The number of hydrogen-bond acceptors (Lipinski definition) is 6. The minimum absolute atomic E-state index is 0.177. The quantitative estimate of drug-likeness (QED) is 0.780. The van der Waals surface area contributed by atoms with Gasteiger partial charge in [-0.15, -0.1) is 11.8 Å². The van der Waals surface area contributed by atoms with Gasteiger partial charge >= 0.3 is 0 Å². The Morgan fingerprint density at radius 1 is 1.35 bits per heavy atom. The Balaban J connectivity index is 1.87. The van der Waals surface area contributed by atoms with Crippen molar-refractivity contribution >= 4 is 35.1 Å². The number of rotatable bonds is 7. The summed E-state index contributed by atoms with van der Waals surface area (Å²) in [5.74, 6) is 2.82.